The van der Waals surface area contributed by atoms with Gasteiger partial charge in [-0.1, -0.05) is 31.2 Å². The molecule has 3 aromatic carbocycles. The first-order valence-electron chi connectivity index (χ1n) is 9.22. The number of nitriles is 2. The van der Waals surface area contributed by atoms with Crippen molar-refractivity contribution >= 4 is 21.7 Å². The number of anilines is 1. The number of sulfonamides is 1. The molecular formula is C23H17N3O4S. The molecule has 0 saturated heterocycles. The minimum absolute atomic E-state index is 0.144. The van der Waals surface area contributed by atoms with E-state index in [2.05, 4.69) is 4.72 Å². The summed E-state index contributed by atoms with van der Waals surface area (Å²) in [6.45, 7) is 1.77. The van der Waals surface area contributed by atoms with E-state index >= 15 is 0 Å². The Balaban J connectivity index is 2.16. The maximum atomic E-state index is 13.2. The fraction of sp³-hybridized carbons (Fsp3) is 0.0870. The lowest BCUT2D eigenvalue weighted by molar-refractivity contribution is 0.0696. The average Bonchev–Trinajstić information content (AvgIpc) is 2.78. The van der Waals surface area contributed by atoms with Gasteiger partial charge in [0.15, 0.2) is 0 Å². The number of hydrogen-bond donors (Lipinski definition) is 2. The van der Waals surface area contributed by atoms with E-state index in [1.54, 1.807) is 43.3 Å². The van der Waals surface area contributed by atoms with Crippen LogP contribution in [0, 0.1) is 22.7 Å². The van der Waals surface area contributed by atoms with Gasteiger partial charge in [-0.15, -0.1) is 0 Å². The normalized spacial score (nSPS) is 10.7. The van der Waals surface area contributed by atoms with Gasteiger partial charge in [-0.2, -0.15) is 10.5 Å². The minimum atomic E-state index is -4.17. The Bertz CT molecular complexity index is 1370. The second-order valence-corrected chi connectivity index (χ2v) is 8.30. The molecule has 7 nitrogen and oxygen atoms in total. The SMILES string of the molecule is CCc1ccc(C(=O)O)cc1S(=O)(=O)Nc1cc(C#N)ccc1-c1cccc(C#N)c1. The number of nitrogens with zero attached hydrogens (tertiary/aromatic N) is 2. The smallest absolute Gasteiger partial charge is 0.335 e. The Morgan fingerprint density at radius 2 is 1.71 bits per heavy atom. The van der Waals surface area contributed by atoms with Gasteiger partial charge in [0, 0.05) is 5.56 Å². The molecule has 8 heteroatoms. The van der Waals surface area contributed by atoms with Crippen molar-refractivity contribution in [3.05, 3.63) is 82.9 Å². The number of aromatic carboxylic acids is 1. The number of carboxylic acid groups (broad SMARTS) is 1. The molecule has 0 aliphatic heterocycles. The predicted molar refractivity (Wildman–Crippen MR) is 115 cm³/mol. The van der Waals surface area contributed by atoms with Crippen LogP contribution < -0.4 is 4.72 Å². The summed E-state index contributed by atoms with van der Waals surface area (Å²) >= 11 is 0. The van der Waals surface area contributed by atoms with Gasteiger partial charge in [0.2, 0.25) is 0 Å². The van der Waals surface area contributed by atoms with Gasteiger partial charge < -0.3 is 5.11 Å². The van der Waals surface area contributed by atoms with E-state index in [4.69, 9.17) is 0 Å². The predicted octanol–water partition coefficient (Wildman–Crippen LogP) is 4.16. The maximum Gasteiger partial charge on any atom is 0.335 e. The fourth-order valence-electron chi connectivity index (χ4n) is 3.14. The Kier molecular flexibility index (Phi) is 6.05. The molecule has 0 fully saturated rings. The van der Waals surface area contributed by atoms with Crippen molar-refractivity contribution in [1.82, 2.24) is 0 Å². The molecule has 0 amide bonds. The number of nitrogens with one attached hydrogen (secondary N) is 1. The van der Waals surface area contributed by atoms with Crippen molar-refractivity contribution < 1.29 is 18.3 Å². The van der Waals surface area contributed by atoms with E-state index in [0.717, 1.165) is 6.07 Å². The lowest BCUT2D eigenvalue weighted by Gasteiger charge is -2.16. The van der Waals surface area contributed by atoms with Gasteiger partial charge in [-0.05, 0) is 53.9 Å². The average molecular weight is 431 g/mol. The molecule has 31 heavy (non-hydrogen) atoms. The van der Waals surface area contributed by atoms with Crippen LogP contribution in [0.1, 0.15) is 34.0 Å². The number of carboxylic acids is 1. The Morgan fingerprint density at radius 3 is 2.35 bits per heavy atom. The van der Waals surface area contributed by atoms with Crippen LogP contribution in [0.5, 0.6) is 0 Å². The Hall–Kier alpha value is -4.14. The lowest BCUT2D eigenvalue weighted by Crippen LogP contribution is -2.16. The summed E-state index contributed by atoms with van der Waals surface area (Å²) in [4.78, 5) is 11.2. The van der Waals surface area contributed by atoms with Crippen LogP contribution in [0.3, 0.4) is 0 Å². The minimum Gasteiger partial charge on any atom is -0.478 e. The summed E-state index contributed by atoms with van der Waals surface area (Å²) in [5.74, 6) is -1.24. The molecule has 0 heterocycles. The van der Waals surface area contributed by atoms with Gasteiger partial charge in [0.25, 0.3) is 10.0 Å². The van der Waals surface area contributed by atoms with Crippen LogP contribution in [0.2, 0.25) is 0 Å². The highest BCUT2D eigenvalue weighted by Crippen LogP contribution is 2.32. The zero-order valence-electron chi connectivity index (χ0n) is 16.5. The Labute approximate surface area is 179 Å². The fourth-order valence-corrected chi connectivity index (χ4v) is 4.54. The quantitative estimate of drug-likeness (QED) is 0.602. The molecule has 0 unspecified atom stereocenters. The first-order chi connectivity index (χ1) is 14.8. The number of rotatable bonds is 6. The first-order valence-corrected chi connectivity index (χ1v) is 10.7. The number of hydrogen-bond acceptors (Lipinski definition) is 5. The standard InChI is InChI=1S/C23H17N3O4S/c1-2-17-7-8-19(23(27)28)12-22(17)31(29,30)26-21-11-16(14-25)6-9-20(21)18-5-3-4-15(10-18)13-24/h3-12,26H,2H2,1H3,(H,27,28). The highest BCUT2D eigenvalue weighted by molar-refractivity contribution is 7.92. The van der Waals surface area contributed by atoms with Crippen LogP contribution in [0.15, 0.2) is 65.6 Å². The summed E-state index contributed by atoms with van der Waals surface area (Å²) in [6, 6.07) is 19.2. The summed E-state index contributed by atoms with van der Waals surface area (Å²) < 4.78 is 28.9. The van der Waals surface area contributed by atoms with E-state index in [0.29, 0.717) is 28.7 Å². The van der Waals surface area contributed by atoms with E-state index in [1.165, 1.54) is 18.2 Å². The third kappa shape index (κ3) is 4.55. The van der Waals surface area contributed by atoms with Crippen LogP contribution in [-0.2, 0) is 16.4 Å². The van der Waals surface area contributed by atoms with Crippen molar-refractivity contribution in [3.8, 4) is 23.3 Å². The van der Waals surface area contributed by atoms with Crippen LogP contribution >= 0.6 is 0 Å². The van der Waals surface area contributed by atoms with Crippen molar-refractivity contribution in [3.63, 3.8) is 0 Å². The highest BCUT2D eigenvalue weighted by atomic mass is 32.2. The summed E-state index contributed by atoms with van der Waals surface area (Å²) in [6.07, 6.45) is 0.380. The Morgan fingerprint density at radius 1 is 1.00 bits per heavy atom. The molecular weight excluding hydrogens is 414 g/mol. The number of aryl methyl sites for hydroxylation is 1. The van der Waals surface area contributed by atoms with Gasteiger partial charge in [0.1, 0.15) is 0 Å². The van der Waals surface area contributed by atoms with Gasteiger partial charge in [0.05, 0.1) is 39.4 Å². The van der Waals surface area contributed by atoms with E-state index in [-0.39, 0.29) is 21.7 Å². The van der Waals surface area contributed by atoms with Gasteiger partial charge in [-0.25, -0.2) is 13.2 Å². The molecule has 0 saturated carbocycles. The van der Waals surface area contributed by atoms with E-state index < -0.39 is 16.0 Å². The zero-order chi connectivity index (χ0) is 22.6. The molecule has 0 bridgehead atoms. The van der Waals surface area contributed by atoms with Crippen LogP contribution in [0.25, 0.3) is 11.1 Å². The molecule has 154 valence electrons. The maximum absolute atomic E-state index is 13.2. The molecule has 3 rings (SSSR count). The van der Waals surface area contributed by atoms with Crippen LogP contribution in [-0.4, -0.2) is 19.5 Å². The molecule has 0 atom stereocenters. The van der Waals surface area contributed by atoms with Crippen molar-refractivity contribution in [2.75, 3.05) is 4.72 Å². The highest BCUT2D eigenvalue weighted by Gasteiger charge is 2.22. The van der Waals surface area contributed by atoms with Crippen molar-refractivity contribution in [1.29, 1.82) is 10.5 Å². The topological polar surface area (TPSA) is 131 Å². The lowest BCUT2D eigenvalue weighted by atomic mass is 10.0. The third-order valence-electron chi connectivity index (χ3n) is 4.68. The molecule has 0 radical (unpaired) electrons. The second kappa shape index (κ2) is 8.70. The summed E-state index contributed by atoms with van der Waals surface area (Å²) in [5.41, 5.74) is 2.18. The van der Waals surface area contributed by atoms with E-state index in [9.17, 15) is 28.8 Å². The van der Waals surface area contributed by atoms with Crippen molar-refractivity contribution in [2.24, 2.45) is 0 Å². The molecule has 0 aromatic heterocycles. The number of benzene rings is 3. The third-order valence-corrected chi connectivity index (χ3v) is 6.13. The molecule has 0 spiro atoms. The molecule has 2 N–H and O–H groups in total. The molecule has 0 aliphatic carbocycles. The number of carbonyl (C=O) groups is 1. The van der Waals surface area contributed by atoms with Crippen molar-refractivity contribution in [2.45, 2.75) is 18.2 Å². The van der Waals surface area contributed by atoms with Gasteiger partial charge >= 0.3 is 5.97 Å². The first kappa shape index (κ1) is 21.6. The van der Waals surface area contributed by atoms with E-state index in [1.807, 2.05) is 12.1 Å². The second-order valence-electron chi connectivity index (χ2n) is 6.65. The zero-order valence-corrected chi connectivity index (χ0v) is 17.3. The summed E-state index contributed by atoms with van der Waals surface area (Å²) in [7, 11) is -4.17. The summed E-state index contributed by atoms with van der Waals surface area (Å²) in [5, 5.41) is 27.7. The molecule has 0 aliphatic rings. The van der Waals surface area contributed by atoms with Crippen LogP contribution in [0.4, 0.5) is 5.69 Å². The monoisotopic (exact) mass is 431 g/mol. The molecule has 3 aromatic rings. The van der Waals surface area contributed by atoms with Gasteiger partial charge in [-0.3, -0.25) is 4.72 Å². The largest absolute Gasteiger partial charge is 0.478 e.